The highest BCUT2D eigenvalue weighted by Crippen LogP contribution is 2.25. The summed E-state index contributed by atoms with van der Waals surface area (Å²) < 4.78 is 0. The largest absolute Gasteiger partial charge is 0.506 e. The summed E-state index contributed by atoms with van der Waals surface area (Å²) in [5.74, 6) is -0.499. The van der Waals surface area contributed by atoms with Gasteiger partial charge in [0.05, 0.1) is 11.7 Å². The molecule has 2 aromatic carbocycles. The number of carbonyl (C=O) groups is 3. The number of rotatable bonds is 6. The molecule has 0 saturated carbocycles. The number of hydrogen-bond acceptors (Lipinski definition) is 5. The van der Waals surface area contributed by atoms with Crippen molar-refractivity contribution in [3.63, 3.8) is 0 Å². The predicted octanol–water partition coefficient (Wildman–Crippen LogP) is 3.03. The fraction of sp³-hybridized carbons (Fsp3) is 0.348. The first-order chi connectivity index (χ1) is 14.8. The molecule has 1 heterocycles. The minimum atomic E-state index is -0.336. The molecule has 0 aromatic heterocycles. The maximum absolute atomic E-state index is 12.6. The molecule has 4 N–H and O–H groups in total. The van der Waals surface area contributed by atoms with Gasteiger partial charge in [-0.3, -0.25) is 19.3 Å². The lowest BCUT2D eigenvalue weighted by Gasteiger charge is -2.34. The zero-order chi connectivity index (χ0) is 22.4. The molecule has 164 valence electrons. The summed E-state index contributed by atoms with van der Waals surface area (Å²) in [4.78, 5) is 38.3. The fourth-order valence-electron chi connectivity index (χ4n) is 3.62. The third kappa shape index (κ3) is 6.05. The van der Waals surface area contributed by atoms with Crippen LogP contribution in [0.1, 0.15) is 26.7 Å². The van der Waals surface area contributed by atoms with Gasteiger partial charge in [0.2, 0.25) is 17.7 Å². The lowest BCUT2D eigenvalue weighted by molar-refractivity contribution is -0.123. The fourth-order valence-corrected chi connectivity index (χ4v) is 3.62. The van der Waals surface area contributed by atoms with Gasteiger partial charge in [0, 0.05) is 24.2 Å². The molecule has 1 atom stereocenters. The predicted molar refractivity (Wildman–Crippen MR) is 120 cm³/mol. The number of aromatic hydroxyl groups is 1. The molecule has 31 heavy (non-hydrogen) atoms. The van der Waals surface area contributed by atoms with Gasteiger partial charge in [-0.25, -0.2) is 0 Å². The lowest BCUT2D eigenvalue weighted by Crippen LogP contribution is -2.47. The molecule has 1 saturated heterocycles. The van der Waals surface area contributed by atoms with E-state index in [9.17, 15) is 19.5 Å². The summed E-state index contributed by atoms with van der Waals surface area (Å²) in [5.41, 5.74) is 1.73. The molecule has 3 rings (SSSR count). The van der Waals surface area contributed by atoms with Crippen LogP contribution in [-0.4, -0.2) is 46.9 Å². The first-order valence-electron chi connectivity index (χ1n) is 10.3. The van der Waals surface area contributed by atoms with E-state index in [2.05, 4.69) is 20.9 Å². The molecule has 2 aromatic rings. The van der Waals surface area contributed by atoms with Crippen LogP contribution in [0.3, 0.4) is 0 Å². The second kappa shape index (κ2) is 10.1. The van der Waals surface area contributed by atoms with Gasteiger partial charge in [-0.05, 0) is 69.3 Å². The van der Waals surface area contributed by atoms with Crippen molar-refractivity contribution >= 4 is 34.8 Å². The van der Waals surface area contributed by atoms with Crippen molar-refractivity contribution in [3.8, 4) is 5.75 Å². The smallest absolute Gasteiger partial charge is 0.241 e. The van der Waals surface area contributed by atoms with Crippen LogP contribution in [0, 0.1) is 5.92 Å². The molecule has 1 aliphatic heterocycles. The number of anilines is 3. The van der Waals surface area contributed by atoms with E-state index in [1.54, 1.807) is 42.5 Å². The van der Waals surface area contributed by atoms with Gasteiger partial charge in [0.1, 0.15) is 5.75 Å². The van der Waals surface area contributed by atoms with Gasteiger partial charge in [-0.15, -0.1) is 0 Å². The van der Waals surface area contributed by atoms with E-state index in [-0.39, 0.29) is 35.4 Å². The number of carbonyl (C=O) groups excluding carboxylic acids is 3. The molecule has 8 nitrogen and oxygen atoms in total. The van der Waals surface area contributed by atoms with Gasteiger partial charge in [0.25, 0.3) is 0 Å². The number of amides is 3. The highest BCUT2D eigenvalue weighted by Gasteiger charge is 2.30. The molecule has 1 fully saturated rings. The average molecular weight is 425 g/mol. The summed E-state index contributed by atoms with van der Waals surface area (Å²) in [6, 6.07) is 13.3. The molecule has 0 spiro atoms. The standard InChI is InChI=1S/C23H28N4O4/c1-15(22(30)25-19-9-7-18(8-10-19)24-16(2)28)27-13-11-17(12-14-27)23(31)26-20-5-3-4-6-21(20)29/h3-10,15,17,29H,11-14H2,1-2H3,(H,24,28)(H,25,30)(H,26,31). The maximum Gasteiger partial charge on any atom is 0.241 e. The zero-order valence-electron chi connectivity index (χ0n) is 17.7. The lowest BCUT2D eigenvalue weighted by atomic mass is 9.94. The van der Waals surface area contributed by atoms with E-state index in [4.69, 9.17) is 0 Å². The molecule has 8 heteroatoms. The number of nitrogens with one attached hydrogen (secondary N) is 3. The van der Waals surface area contributed by atoms with Gasteiger partial charge in [-0.2, -0.15) is 0 Å². The number of phenols is 1. The number of phenolic OH excluding ortho intramolecular Hbond substituents is 1. The maximum atomic E-state index is 12.6. The van der Waals surface area contributed by atoms with Crippen LogP contribution < -0.4 is 16.0 Å². The van der Waals surface area contributed by atoms with E-state index < -0.39 is 0 Å². The summed E-state index contributed by atoms with van der Waals surface area (Å²) in [6.45, 7) is 4.56. The Bertz CT molecular complexity index is 937. The summed E-state index contributed by atoms with van der Waals surface area (Å²) in [5, 5.41) is 18.2. The van der Waals surface area contributed by atoms with Crippen LogP contribution in [0.2, 0.25) is 0 Å². The molecule has 3 amide bonds. The third-order valence-corrected chi connectivity index (χ3v) is 5.46. The minimum Gasteiger partial charge on any atom is -0.506 e. The Morgan fingerprint density at radius 2 is 1.52 bits per heavy atom. The van der Waals surface area contributed by atoms with E-state index in [0.717, 1.165) is 0 Å². The van der Waals surface area contributed by atoms with Gasteiger partial charge < -0.3 is 21.1 Å². The molecular weight excluding hydrogens is 396 g/mol. The number of para-hydroxylation sites is 2. The highest BCUT2D eigenvalue weighted by molar-refractivity contribution is 5.95. The molecule has 1 unspecified atom stereocenters. The van der Waals surface area contributed by atoms with Crippen LogP contribution in [0.15, 0.2) is 48.5 Å². The van der Waals surface area contributed by atoms with Crippen molar-refractivity contribution in [2.24, 2.45) is 5.92 Å². The van der Waals surface area contributed by atoms with Crippen LogP contribution in [-0.2, 0) is 14.4 Å². The Hall–Kier alpha value is -3.39. The Morgan fingerprint density at radius 3 is 2.10 bits per heavy atom. The SMILES string of the molecule is CC(=O)Nc1ccc(NC(=O)C(C)N2CCC(C(=O)Nc3ccccc3O)CC2)cc1. The quantitative estimate of drug-likeness (QED) is 0.533. The molecule has 1 aliphatic rings. The summed E-state index contributed by atoms with van der Waals surface area (Å²) in [6.07, 6.45) is 1.28. The molecule has 0 radical (unpaired) electrons. The number of nitrogens with zero attached hydrogens (tertiary/aromatic N) is 1. The monoisotopic (exact) mass is 424 g/mol. The number of hydrogen-bond donors (Lipinski definition) is 4. The first-order valence-corrected chi connectivity index (χ1v) is 10.3. The highest BCUT2D eigenvalue weighted by atomic mass is 16.3. The number of benzene rings is 2. The Labute approximate surface area is 181 Å². The second-order valence-corrected chi connectivity index (χ2v) is 7.74. The first kappa shape index (κ1) is 22.3. The Morgan fingerprint density at radius 1 is 0.935 bits per heavy atom. The number of piperidine rings is 1. The van der Waals surface area contributed by atoms with Crippen molar-refractivity contribution in [2.75, 3.05) is 29.0 Å². The topological polar surface area (TPSA) is 111 Å². The van der Waals surface area contributed by atoms with E-state index in [1.807, 2.05) is 6.92 Å². The third-order valence-electron chi connectivity index (χ3n) is 5.46. The van der Waals surface area contributed by atoms with Crippen molar-refractivity contribution in [2.45, 2.75) is 32.7 Å². The van der Waals surface area contributed by atoms with Crippen molar-refractivity contribution < 1.29 is 19.5 Å². The normalized spacial score (nSPS) is 15.7. The minimum absolute atomic E-state index is 0.0451. The Kier molecular flexibility index (Phi) is 7.25. The van der Waals surface area contributed by atoms with E-state index in [1.165, 1.54) is 13.0 Å². The van der Waals surface area contributed by atoms with Crippen LogP contribution in [0.5, 0.6) is 5.75 Å². The summed E-state index contributed by atoms with van der Waals surface area (Å²) in [7, 11) is 0. The van der Waals surface area contributed by atoms with Crippen molar-refractivity contribution in [3.05, 3.63) is 48.5 Å². The zero-order valence-corrected chi connectivity index (χ0v) is 17.7. The van der Waals surface area contributed by atoms with Gasteiger partial charge in [0.15, 0.2) is 0 Å². The number of likely N-dealkylation sites (tertiary alicyclic amines) is 1. The van der Waals surface area contributed by atoms with Crippen molar-refractivity contribution in [1.29, 1.82) is 0 Å². The molecular formula is C23H28N4O4. The van der Waals surface area contributed by atoms with Gasteiger partial charge in [-0.1, -0.05) is 12.1 Å². The van der Waals surface area contributed by atoms with Crippen LogP contribution >= 0.6 is 0 Å². The van der Waals surface area contributed by atoms with Crippen LogP contribution in [0.25, 0.3) is 0 Å². The molecule has 0 aliphatic carbocycles. The average Bonchev–Trinajstić information content (AvgIpc) is 2.76. The molecule has 0 bridgehead atoms. The second-order valence-electron chi connectivity index (χ2n) is 7.74. The van der Waals surface area contributed by atoms with Crippen molar-refractivity contribution in [1.82, 2.24) is 4.90 Å². The van der Waals surface area contributed by atoms with E-state index >= 15 is 0 Å². The van der Waals surface area contributed by atoms with Gasteiger partial charge >= 0.3 is 0 Å². The van der Waals surface area contributed by atoms with E-state index in [0.29, 0.717) is 43.0 Å². The Balaban J connectivity index is 1.48. The summed E-state index contributed by atoms with van der Waals surface area (Å²) >= 11 is 0. The van der Waals surface area contributed by atoms with Crippen LogP contribution in [0.4, 0.5) is 17.1 Å².